The quantitative estimate of drug-likeness (QED) is 0.142. The Kier molecular flexibility index (Phi) is 15.2. The van der Waals surface area contributed by atoms with E-state index in [1.807, 2.05) is 0 Å². The van der Waals surface area contributed by atoms with Crippen LogP contribution in [0.25, 0.3) is 0 Å². The van der Waals surface area contributed by atoms with Gasteiger partial charge in [-0.1, -0.05) is 30.3 Å². The maximum absolute atomic E-state index is 11.8. The molecule has 0 saturated carbocycles. The van der Waals surface area contributed by atoms with Crippen LogP contribution in [0.2, 0.25) is 0 Å². The molecule has 10 nitrogen and oxygen atoms in total. The van der Waals surface area contributed by atoms with E-state index in [1.54, 1.807) is 30.3 Å². The molecule has 0 radical (unpaired) electrons. The number of unbranched alkanes of at least 4 members (excludes halogenated alkanes) is 1. The number of ketones is 1. The highest BCUT2D eigenvalue weighted by molar-refractivity contribution is 6.40. The summed E-state index contributed by atoms with van der Waals surface area (Å²) >= 11 is 0. The molecule has 1 N–H and O–H groups in total. The fourth-order valence-electron chi connectivity index (χ4n) is 2.34. The number of aliphatic carboxylic acids is 1. The molecule has 1 aromatic rings. The normalized spacial score (nSPS) is 10.5. The van der Waals surface area contributed by atoms with Crippen LogP contribution < -0.4 is 0 Å². The first-order valence-corrected chi connectivity index (χ1v) is 10.4. The van der Waals surface area contributed by atoms with Crippen molar-refractivity contribution in [3.8, 4) is 0 Å². The van der Waals surface area contributed by atoms with Gasteiger partial charge in [0.05, 0.1) is 39.6 Å². The number of Topliss-reactive ketones (excluding diaryl/α,β-unsaturated/α-hetero) is 1. The van der Waals surface area contributed by atoms with Crippen LogP contribution in [-0.2, 0) is 38.1 Å². The second kappa shape index (κ2) is 17.8. The summed E-state index contributed by atoms with van der Waals surface area (Å²) in [5.41, 5.74) is 0.278. The standard InChI is InChI=1S/C22H30O10/c23-19(24)8-4-5-9-20(25)31-16-14-29-12-10-28-11-13-30-15-17-32-22(27)21(26)18-6-2-1-3-7-18/h1-3,6-7H,4-5,8-17H2,(H,23,24). The van der Waals surface area contributed by atoms with Crippen LogP contribution in [0, 0.1) is 0 Å². The third kappa shape index (κ3) is 14.2. The van der Waals surface area contributed by atoms with E-state index in [9.17, 15) is 19.2 Å². The predicted octanol–water partition coefficient (Wildman–Crippen LogP) is 1.65. The van der Waals surface area contributed by atoms with Gasteiger partial charge in [-0.25, -0.2) is 4.79 Å². The largest absolute Gasteiger partial charge is 0.481 e. The Labute approximate surface area is 186 Å². The predicted molar refractivity (Wildman–Crippen MR) is 111 cm³/mol. The van der Waals surface area contributed by atoms with Crippen molar-refractivity contribution in [3.63, 3.8) is 0 Å². The van der Waals surface area contributed by atoms with Crippen LogP contribution in [-0.4, -0.2) is 81.7 Å². The molecule has 0 aliphatic carbocycles. The first kappa shape index (κ1) is 27.2. The summed E-state index contributed by atoms with van der Waals surface area (Å²) < 4.78 is 25.6. The highest BCUT2D eigenvalue weighted by Gasteiger charge is 2.17. The lowest BCUT2D eigenvalue weighted by Crippen LogP contribution is -2.20. The van der Waals surface area contributed by atoms with Crippen molar-refractivity contribution in [2.75, 3.05) is 52.9 Å². The lowest BCUT2D eigenvalue weighted by Gasteiger charge is -2.08. The van der Waals surface area contributed by atoms with E-state index >= 15 is 0 Å². The molecule has 0 unspecified atom stereocenters. The van der Waals surface area contributed by atoms with Gasteiger partial charge in [0.25, 0.3) is 5.78 Å². The van der Waals surface area contributed by atoms with E-state index in [0.717, 1.165) is 0 Å². The Hall–Kier alpha value is -2.82. The van der Waals surface area contributed by atoms with Gasteiger partial charge in [0.1, 0.15) is 13.2 Å². The van der Waals surface area contributed by atoms with E-state index in [1.165, 1.54) is 0 Å². The lowest BCUT2D eigenvalue weighted by atomic mass is 10.1. The van der Waals surface area contributed by atoms with E-state index < -0.39 is 17.7 Å². The number of carbonyl (C=O) groups is 4. The number of carboxylic acids is 1. The number of hydrogen-bond donors (Lipinski definition) is 1. The number of esters is 2. The van der Waals surface area contributed by atoms with Crippen LogP contribution in [0.1, 0.15) is 36.0 Å². The van der Waals surface area contributed by atoms with Crippen LogP contribution in [0.4, 0.5) is 0 Å². The van der Waals surface area contributed by atoms with Gasteiger partial charge in [0, 0.05) is 18.4 Å². The number of benzene rings is 1. The summed E-state index contributed by atoms with van der Waals surface area (Å²) in [6.45, 7) is 1.78. The Morgan fingerprint density at radius 3 is 1.72 bits per heavy atom. The minimum absolute atomic E-state index is 0.0290. The fraction of sp³-hybridized carbons (Fsp3) is 0.545. The second-order valence-corrected chi connectivity index (χ2v) is 6.49. The average molecular weight is 454 g/mol. The second-order valence-electron chi connectivity index (χ2n) is 6.49. The molecular formula is C22H30O10. The zero-order chi connectivity index (χ0) is 23.4. The van der Waals surface area contributed by atoms with Crippen LogP contribution in [0.3, 0.4) is 0 Å². The number of hydrogen-bond acceptors (Lipinski definition) is 9. The maximum Gasteiger partial charge on any atom is 0.379 e. The van der Waals surface area contributed by atoms with Crippen LogP contribution in [0.15, 0.2) is 30.3 Å². The van der Waals surface area contributed by atoms with E-state index in [-0.39, 0.29) is 50.8 Å². The van der Waals surface area contributed by atoms with E-state index in [2.05, 4.69) is 0 Å². The van der Waals surface area contributed by atoms with Gasteiger partial charge in [-0.2, -0.15) is 0 Å². The molecule has 0 aliphatic heterocycles. The summed E-state index contributed by atoms with van der Waals surface area (Å²) in [6, 6.07) is 8.17. The van der Waals surface area contributed by atoms with Crippen LogP contribution >= 0.6 is 0 Å². The fourth-order valence-corrected chi connectivity index (χ4v) is 2.34. The minimum atomic E-state index is -0.919. The number of ether oxygens (including phenoxy) is 5. The van der Waals surface area contributed by atoms with Crippen LogP contribution in [0.5, 0.6) is 0 Å². The molecule has 1 rings (SSSR count). The van der Waals surface area contributed by atoms with Crippen molar-refractivity contribution in [1.29, 1.82) is 0 Å². The highest BCUT2D eigenvalue weighted by atomic mass is 16.6. The Morgan fingerprint density at radius 2 is 1.16 bits per heavy atom. The number of carboxylic acid groups (broad SMARTS) is 1. The molecule has 1 aromatic carbocycles. The molecule has 10 heteroatoms. The molecule has 0 heterocycles. The Balaban J connectivity index is 1.84. The van der Waals surface area contributed by atoms with E-state index in [4.69, 9.17) is 28.8 Å². The third-order valence-corrected chi connectivity index (χ3v) is 3.94. The molecule has 178 valence electrons. The lowest BCUT2D eigenvalue weighted by molar-refractivity contribution is -0.146. The number of carbonyl (C=O) groups excluding carboxylic acids is 3. The molecule has 0 atom stereocenters. The molecule has 0 saturated heterocycles. The third-order valence-electron chi connectivity index (χ3n) is 3.94. The summed E-state index contributed by atoms with van der Waals surface area (Å²) in [4.78, 5) is 45.2. The molecular weight excluding hydrogens is 424 g/mol. The molecule has 0 aliphatic rings. The first-order chi connectivity index (χ1) is 15.5. The topological polar surface area (TPSA) is 135 Å². The molecule has 0 aromatic heterocycles. The smallest absolute Gasteiger partial charge is 0.379 e. The van der Waals surface area contributed by atoms with Gasteiger partial charge in [-0.15, -0.1) is 0 Å². The molecule has 0 fully saturated rings. The number of rotatable bonds is 19. The zero-order valence-corrected chi connectivity index (χ0v) is 18.0. The molecule has 0 amide bonds. The van der Waals surface area contributed by atoms with Gasteiger partial charge in [0.2, 0.25) is 0 Å². The van der Waals surface area contributed by atoms with Crippen molar-refractivity contribution < 1.29 is 48.0 Å². The SMILES string of the molecule is O=C(O)CCCCC(=O)OCCOCCOCCOCCOC(=O)C(=O)c1ccccc1. The molecule has 0 spiro atoms. The van der Waals surface area contributed by atoms with Crippen molar-refractivity contribution in [2.45, 2.75) is 25.7 Å². The summed E-state index contributed by atoms with van der Waals surface area (Å²) in [6.07, 6.45) is 1.17. The molecule has 32 heavy (non-hydrogen) atoms. The summed E-state index contributed by atoms with van der Waals surface area (Å²) in [5, 5.41) is 8.50. The average Bonchev–Trinajstić information content (AvgIpc) is 2.79. The maximum atomic E-state index is 11.8. The zero-order valence-electron chi connectivity index (χ0n) is 18.0. The molecule has 0 bridgehead atoms. The van der Waals surface area contributed by atoms with E-state index in [0.29, 0.717) is 39.3 Å². The first-order valence-electron chi connectivity index (χ1n) is 10.4. The van der Waals surface area contributed by atoms with Crippen molar-refractivity contribution >= 4 is 23.7 Å². The van der Waals surface area contributed by atoms with Gasteiger partial charge in [0.15, 0.2) is 0 Å². The van der Waals surface area contributed by atoms with Gasteiger partial charge in [-0.3, -0.25) is 14.4 Å². The van der Waals surface area contributed by atoms with Gasteiger partial charge < -0.3 is 28.8 Å². The summed E-state index contributed by atoms with van der Waals surface area (Å²) in [5.74, 6) is -2.86. The van der Waals surface area contributed by atoms with Gasteiger partial charge >= 0.3 is 17.9 Å². The van der Waals surface area contributed by atoms with Crippen molar-refractivity contribution in [3.05, 3.63) is 35.9 Å². The van der Waals surface area contributed by atoms with Gasteiger partial charge in [-0.05, 0) is 12.8 Å². The Morgan fingerprint density at radius 1 is 0.656 bits per heavy atom. The Bertz CT molecular complexity index is 689. The van der Waals surface area contributed by atoms with Crippen molar-refractivity contribution in [2.24, 2.45) is 0 Å². The highest BCUT2D eigenvalue weighted by Crippen LogP contribution is 2.02. The minimum Gasteiger partial charge on any atom is -0.481 e. The summed E-state index contributed by atoms with van der Waals surface area (Å²) in [7, 11) is 0. The van der Waals surface area contributed by atoms with Crippen molar-refractivity contribution in [1.82, 2.24) is 0 Å². The monoisotopic (exact) mass is 454 g/mol.